The fourth-order valence-corrected chi connectivity index (χ4v) is 0. The zero-order chi connectivity index (χ0) is 3.41. The average Bonchev–Trinajstić information content (AvgIpc) is 1.37. The van der Waals surface area contributed by atoms with Gasteiger partial charge in [0.25, 0.3) is 5.22 Å². The number of rotatable bonds is 0. The topological polar surface area (TPSA) is 64.4 Å². The van der Waals surface area contributed by atoms with E-state index in [9.17, 15) is 0 Å². The molecule has 0 atom stereocenters. The third kappa shape index (κ3) is 1.02. The maximum absolute atomic E-state index is 7.15. The highest BCUT2D eigenvalue weighted by molar-refractivity contribution is 4.16. The molecule has 0 aromatic heterocycles. The Morgan fingerprint density at radius 3 is 2.25 bits per heavy atom. The molecule has 0 amide bonds. The lowest BCUT2D eigenvalue weighted by Gasteiger charge is -1.13. The van der Waals surface area contributed by atoms with E-state index in [1.807, 2.05) is 5.08 Å². The van der Waals surface area contributed by atoms with Crippen molar-refractivity contribution in [3.05, 3.63) is 5.08 Å². The van der Waals surface area contributed by atoms with Gasteiger partial charge in [0, 0.05) is 5.53 Å². The summed E-state index contributed by atoms with van der Waals surface area (Å²) in [7, 11) is 0. The third-order valence-corrected chi connectivity index (χ3v) is 0.0447. The smallest absolute Gasteiger partial charge is 0.0330 e. The van der Waals surface area contributed by atoms with Crippen LogP contribution in [-0.4, -0.2) is 0 Å². The van der Waals surface area contributed by atoms with E-state index < -0.39 is 0 Å². The van der Waals surface area contributed by atoms with Gasteiger partial charge in [-0.25, -0.2) is 0 Å². The highest BCUT2D eigenvalue weighted by atomic mass is 15.3. The second kappa shape index (κ2) is 2.02. The van der Waals surface area contributed by atoms with Gasteiger partial charge in [0.1, 0.15) is 5.39 Å². The second-order valence-corrected chi connectivity index (χ2v) is 0.189. The summed E-state index contributed by atoms with van der Waals surface area (Å²) in [4.78, 5) is 0. The molecule has 0 saturated carbocycles. The summed E-state index contributed by atoms with van der Waals surface area (Å²) in [5, 5.41) is 11.3. The maximum Gasteiger partial charge on any atom is 0.277 e. The van der Waals surface area contributed by atoms with Crippen LogP contribution in [0.5, 0.6) is 0 Å². The van der Waals surface area contributed by atoms with Crippen molar-refractivity contribution in [1.82, 2.24) is 0 Å². The quantitative estimate of drug-likeness (QED) is 0.249. The normalized spacial score (nSPS) is 3.75. The van der Waals surface area contributed by atoms with E-state index in [4.69, 9.17) is 10.9 Å². The first kappa shape index (κ1) is 3.02. The van der Waals surface area contributed by atoms with Crippen molar-refractivity contribution < 1.29 is 0 Å². The molecule has 4 heteroatoms. The first-order valence-electron chi connectivity index (χ1n) is 0.624. The molecule has 0 aromatic carbocycles. The molecule has 0 aromatic rings. The lowest BCUT2D eigenvalue weighted by atomic mass is 12.7. The lowest BCUT2D eigenvalue weighted by molar-refractivity contribution is 1.10. The van der Waals surface area contributed by atoms with Crippen LogP contribution in [-0.2, 0) is 0 Å². The predicted molar refractivity (Wildman–Crippen MR) is 10.2 cm³/mol. The van der Waals surface area contributed by atoms with Crippen LogP contribution < -0.4 is 0 Å². The van der Waals surface area contributed by atoms with E-state index >= 15 is 0 Å². The largest absolute Gasteiger partial charge is 0.277 e. The van der Waals surface area contributed by atoms with E-state index in [1.165, 1.54) is 0 Å². The minimum absolute atomic E-state index is 2.03. The Labute approximate surface area is 22.5 Å². The van der Waals surface area contributed by atoms with Gasteiger partial charge in [-0.05, 0) is 0 Å². The average molecular weight is 57.0 g/mol. The maximum atomic E-state index is 7.15. The fourth-order valence-electron chi connectivity index (χ4n) is 0. The highest BCUT2D eigenvalue weighted by Crippen LogP contribution is 1.52. The Bertz CT molecular complexity index is 45.5. The van der Waals surface area contributed by atoms with Gasteiger partial charge in [-0.3, -0.25) is 0 Å². The molecule has 0 fully saturated rings. The van der Waals surface area contributed by atoms with Gasteiger partial charge in [-0.15, -0.1) is 0 Å². The summed E-state index contributed by atoms with van der Waals surface area (Å²) < 4.78 is 0. The number of nitrogens with zero attached hydrogens (tertiary/aromatic N) is 3. The Morgan fingerprint density at radius 2 is 2.25 bits per heavy atom. The molecule has 20 valence electrons. The SMILES string of the molecule is N#[N+]N=N. The Morgan fingerprint density at radius 1 is 2.00 bits per heavy atom. The van der Waals surface area contributed by atoms with Crippen LogP contribution in [0.4, 0.5) is 0 Å². The number of diazo groups is 1. The molecule has 0 aliphatic rings. The van der Waals surface area contributed by atoms with Gasteiger partial charge in [0.05, 0.1) is 0 Å². The van der Waals surface area contributed by atoms with Gasteiger partial charge in [-0.2, -0.15) is 0 Å². The highest BCUT2D eigenvalue weighted by Gasteiger charge is 1.52. The number of nitrogens with one attached hydrogen (secondary N) is 1. The minimum Gasteiger partial charge on any atom is 0.0330 e. The molecule has 0 bridgehead atoms. The molecular formula is HN4+. The van der Waals surface area contributed by atoms with Crippen LogP contribution in [0.15, 0.2) is 5.22 Å². The van der Waals surface area contributed by atoms with Crippen LogP contribution in [0, 0.1) is 10.9 Å². The monoisotopic (exact) mass is 57.0 g/mol. The zero-order valence-electron chi connectivity index (χ0n) is 1.84. The standard InChI is InChI=1S/HN4/c1-3-4-2/h1H/q+1. The van der Waals surface area contributed by atoms with Gasteiger partial charge in [-0.1, -0.05) is 0 Å². The second-order valence-electron chi connectivity index (χ2n) is 0.189. The molecule has 0 unspecified atom stereocenters. The molecule has 0 heterocycles. The molecule has 0 spiro atoms. The molecule has 1 N–H and O–H groups in total. The van der Waals surface area contributed by atoms with Crippen LogP contribution in [0.25, 0.3) is 5.08 Å². The van der Waals surface area contributed by atoms with E-state index in [-0.39, 0.29) is 0 Å². The third-order valence-electron chi connectivity index (χ3n) is 0.0447. The summed E-state index contributed by atoms with van der Waals surface area (Å²) in [5.41, 5.74) is 5.66. The van der Waals surface area contributed by atoms with Crippen molar-refractivity contribution >= 4 is 0 Å². The molecular weight excluding hydrogens is 56.0 g/mol. The van der Waals surface area contributed by atoms with Crippen molar-refractivity contribution in [1.29, 1.82) is 10.9 Å². The summed E-state index contributed by atoms with van der Waals surface area (Å²) in [6.07, 6.45) is 0. The lowest BCUT2D eigenvalue weighted by Crippen LogP contribution is -1.12. The molecule has 0 aliphatic heterocycles. The summed E-state index contributed by atoms with van der Waals surface area (Å²) >= 11 is 0. The first-order valence-corrected chi connectivity index (χ1v) is 0.624. The van der Waals surface area contributed by atoms with Crippen LogP contribution in [0.2, 0.25) is 0 Å². The van der Waals surface area contributed by atoms with Crippen LogP contribution in [0.3, 0.4) is 0 Å². The minimum atomic E-state index is 2.03. The van der Waals surface area contributed by atoms with Gasteiger partial charge in [0.2, 0.25) is 0 Å². The molecule has 0 radical (unpaired) electrons. The van der Waals surface area contributed by atoms with Gasteiger partial charge >= 0.3 is 0 Å². The Kier molecular flexibility index (Phi) is 1.53. The van der Waals surface area contributed by atoms with Crippen LogP contribution >= 0.6 is 0 Å². The zero-order valence-corrected chi connectivity index (χ0v) is 1.84. The number of hydrogen-bond acceptors (Lipinski definition) is 3. The van der Waals surface area contributed by atoms with E-state index in [0.717, 1.165) is 0 Å². The van der Waals surface area contributed by atoms with Crippen LogP contribution in [0.1, 0.15) is 0 Å². The molecule has 0 saturated heterocycles. The van der Waals surface area contributed by atoms with E-state index in [0.29, 0.717) is 0 Å². The fraction of sp³-hybridized carbons (Fsp3) is 0. The van der Waals surface area contributed by atoms with E-state index in [2.05, 4.69) is 5.22 Å². The van der Waals surface area contributed by atoms with E-state index in [1.54, 1.807) is 0 Å². The number of hydrogen-bond donors (Lipinski definition) is 1. The molecule has 4 nitrogen and oxygen atoms in total. The van der Waals surface area contributed by atoms with Crippen molar-refractivity contribution in [2.45, 2.75) is 0 Å². The van der Waals surface area contributed by atoms with Crippen molar-refractivity contribution in [2.75, 3.05) is 0 Å². The summed E-state index contributed by atoms with van der Waals surface area (Å²) in [5.74, 6) is 0. The Balaban J connectivity index is 2.92. The molecule has 4 heavy (non-hydrogen) atoms. The van der Waals surface area contributed by atoms with Crippen molar-refractivity contribution in [2.24, 2.45) is 5.22 Å². The van der Waals surface area contributed by atoms with Crippen molar-refractivity contribution in [3.63, 3.8) is 0 Å². The molecule has 0 rings (SSSR count). The van der Waals surface area contributed by atoms with Gasteiger partial charge < -0.3 is 0 Å². The predicted octanol–water partition coefficient (Wildman–Crippen LogP) is 0.785. The van der Waals surface area contributed by atoms with Crippen molar-refractivity contribution in [3.8, 4) is 0 Å². The first-order chi connectivity index (χ1) is 1.91. The Hall–Kier alpha value is -0.980. The van der Waals surface area contributed by atoms with Gasteiger partial charge in [0.15, 0.2) is 5.08 Å². The summed E-state index contributed by atoms with van der Waals surface area (Å²) in [6.45, 7) is 0. The summed E-state index contributed by atoms with van der Waals surface area (Å²) in [6, 6.07) is 0. The molecule has 0 aliphatic carbocycles.